The summed E-state index contributed by atoms with van der Waals surface area (Å²) in [5.41, 5.74) is 3.05. The number of esters is 2. The molecule has 0 radical (unpaired) electrons. The number of Topliss-reactive ketones (excluding diaryl/α,β-unsaturated/α-hetero) is 1. The van der Waals surface area contributed by atoms with Gasteiger partial charge in [-0.25, -0.2) is 9.18 Å². The normalized spacial score (nSPS) is 21.2. The maximum atomic E-state index is 14.2. The number of ether oxygens (including phenoxy) is 3. The fourth-order valence-corrected chi connectivity index (χ4v) is 5.17. The Kier molecular flexibility index (Phi) is 7.76. The van der Waals surface area contributed by atoms with Crippen LogP contribution in [0.2, 0.25) is 0 Å². The molecule has 0 amide bonds. The van der Waals surface area contributed by atoms with Crippen LogP contribution in [0.1, 0.15) is 50.2 Å². The standard InChI is InChI=1S/C29H30FNO6/c1-5-36-28(33)23-16(3)31-22-15-21(17-9-13-20(35-4)14-10-17)25(29(34)37-6-2)27(32)26(22)24(23)18-7-11-19(30)12-8-18/h7-14,21,24-25,31H,5-6,15H2,1-4H3. The summed E-state index contributed by atoms with van der Waals surface area (Å²) >= 11 is 0. The summed E-state index contributed by atoms with van der Waals surface area (Å²) < 4.78 is 29.7. The topological polar surface area (TPSA) is 90.9 Å². The van der Waals surface area contributed by atoms with Crippen LogP contribution >= 0.6 is 0 Å². The van der Waals surface area contributed by atoms with Gasteiger partial charge in [-0.05, 0) is 62.6 Å². The highest BCUT2D eigenvalue weighted by molar-refractivity contribution is 6.13. The van der Waals surface area contributed by atoms with E-state index >= 15 is 0 Å². The number of carbonyl (C=O) groups excluding carboxylic acids is 3. The lowest BCUT2D eigenvalue weighted by Crippen LogP contribution is -2.43. The van der Waals surface area contributed by atoms with Crippen LogP contribution in [0.4, 0.5) is 4.39 Å². The zero-order valence-electron chi connectivity index (χ0n) is 21.3. The second-order valence-corrected chi connectivity index (χ2v) is 8.94. The Bertz CT molecular complexity index is 1260. The maximum Gasteiger partial charge on any atom is 0.336 e. The molecule has 0 bridgehead atoms. The number of ketones is 1. The van der Waals surface area contributed by atoms with Crippen molar-refractivity contribution in [2.24, 2.45) is 5.92 Å². The molecule has 3 unspecified atom stereocenters. The highest BCUT2D eigenvalue weighted by atomic mass is 19.1. The first kappa shape index (κ1) is 26.1. The first-order valence-electron chi connectivity index (χ1n) is 12.3. The van der Waals surface area contributed by atoms with Gasteiger partial charge in [0.15, 0.2) is 5.78 Å². The van der Waals surface area contributed by atoms with Crippen LogP contribution in [0.3, 0.4) is 0 Å². The number of hydrogen-bond donors (Lipinski definition) is 1. The van der Waals surface area contributed by atoms with E-state index in [1.54, 1.807) is 52.1 Å². The van der Waals surface area contributed by atoms with Crippen molar-refractivity contribution in [3.8, 4) is 5.75 Å². The average molecular weight is 508 g/mol. The van der Waals surface area contributed by atoms with E-state index in [0.717, 1.165) is 5.56 Å². The molecule has 1 N–H and O–H groups in total. The smallest absolute Gasteiger partial charge is 0.336 e. The minimum atomic E-state index is -1.11. The lowest BCUT2D eigenvalue weighted by molar-refractivity contribution is -0.152. The van der Waals surface area contributed by atoms with Gasteiger partial charge in [-0.3, -0.25) is 9.59 Å². The Morgan fingerprint density at radius 3 is 2.19 bits per heavy atom. The lowest BCUT2D eigenvalue weighted by Gasteiger charge is -2.39. The molecule has 2 aromatic rings. The number of halogens is 1. The van der Waals surface area contributed by atoms with Gasteiger partial charge in [0.1, 0.15) is 17.5 Å². The van der Waals surface area contributed by atoms with Crippen molar-refractivity contribution >= 4 is 17.7 Å². The molecule has 7 nitrogen and oxygen atoms in total. The van der Waals surface area contributed by atoms with Crippen LogP contribution in [0, 0.1) is 11.7 Å². The molecule has 2 aliphatic rings. The molecular formula is C29H30FNO6. The van der Waals surface area contributed by atoms with Crippen molar-refractivity contribution in [1.82, 2.24) is 5.32 Å². The molecule has 0 aromatic heterocycles. The minimum Gasteiger partial charge on any atom is -0.497 e. The fraction of sp³-hybridized carbons (Fsp3) is 0.345. The number of methoxy groups -OCH3 is 1. The summed E-state index contributed by atoms with van der Waals surface area (Å²) in [5.74, 6) is -3.84. The first-order valence-corrected chi connectivity index (χ1v) is 12.3. The van der Waals surface area contributed by atoms with E-state index in [9.17, 15) is 18.8 Å². The predicted molar refractivity (Wildman–Crippen MR) is 134 cm³/mol. The zero-order valence-corrected chi connectivity index (χ0v) is 21.3. The summed E-state index contributed by atoms with van der Waals surface area (Å²) in [5, 5.41) is 3.25. The average Bonchev–Trinajstić information content (AvgIpc) is 2.88. The molecular weight excluding hydrogens is 477 g/mol. The van der Waals surface area contributed by atoms with Gasteiger partial charge in [-0.1, -0.05) is 24.3 Å². The Morgan fingerprint density at radius 1 is 0.973 bits per heavy atom. The summed E-state index contributed by atoms with van der Waals surface area (Å²) in [7, 11) is 1.56. The largest absolute Gasteiger partial charge is 0.497 e. The van der Waals surface area contributed by atoms with Crippen molar-refractivity contribution in [3.05, 3.63) is 88.0 Å². The molecule has 8 heteroatoms. The molecule has 3 atom stereocenters. The number of hydrogen-bond acceptors (Lipinski definition) is 7. The van der Waals surface area contributed by atoms with Gasteiger partial charge >= 0.3 is 11.9 Å². The second-order valence-electron chi connectivity index (χ2n) is 8.94. The van der Waals surface area contributed by atoms with Gasteiger partial charge in [0, 0.05) is 28.8 Å². The number of allylic oxidation sites excluding steroid dienone is 3. The van der Waals surface area contributed by atoms with E-state index in [0.29, 0.717) is 34.7 Å². The van der Waals surface area contributed by atoms with Crippen molar-refractivity contribution in [2.75, 3.05) is 20.3 Å². The minimum absolute atomic E-state index is 0.122. The third-order valence-corrected chi connectivity index (χ3v) is 6.80. The van der Waals surface area contributed by atoms with Crippen molar-refractivity contribution < 1.29 is 33.0 Å². The molecule has 1 aliphatic carbocycles. The van der Waals surface area contributed by atoms with E-state index in [1.807, 2.05) is 12.1 Å². The maximum absolute atomic E-state index is 14.2. The summed E-state index contributed by atoms with van der Waals surface area (Å²) in [6.07, 6.45) is 0.335. The van der Waals surface area contributed by atoms with Gasteiger partial charge < -0.3 is 19.5 Å². The molecule has 1 aliphatic heterocycles. The fourth-order valence-electron chi connectivity index (χ4n) is 5.17. The Hall–Kier alpha value is -3.94. The van der Waals surface area contributed by atoms with Crippen molar-refractivity contribution in [2.45, 2.75) is 39.0 Å². The third-order valence-electron chi connectivity index (χ3n) is 6.80. The van der Waals surface area contributed by atoms with Crippen LogP contribution in [0.25, 0.3) is 0 Å². The van der Waals surface area contributed by atoms with Crippen molar-refractivity contribution in [3.63, 3.8) is 0 Å². The molecule has 0 saturated heterocycles. The molecule has 0 fully saturated rings. The van der Waals surface area contributed by atoms with Crippen LogP contribution in [0.5, 0.6) is 5.75 Å². The van der Waals surface area contributed by atoms with Crippen LogP contribution in [-0.4, -0.2) is 38.0 Å². The first-order chi connectivity index (χ1) is 17.8. The third kappa shape index (κ3) is 5.01. The zero-order chi connectivity index (χ0) is 26.7. The lowest BCUT2D eigenvalue weighted by atomic mass is 9.67. The van der Waals surface area contributed by atoms with Crippen LogP contribution < -0.4 is 10.1 Å². The van der Waals surface area contributed by atoms with Gasteiger partial charge in [-0.15, -0.1) is 0 Å². The van der Waals surface area contributed by atoms with E-state index < -0.39 is 41.3 Å². The summed E-state index contributed by atoms with van der Waals surface area (Å²) in [6, 6.07) is 12.9. The molecule has 37 heavy (non-hydrogen) atoms. The van der Waals surface area contributed by atoms with Gasteiger partial charge in [0.05, 0.1) is 25.9 Å². The van der Waals surface area contributed by atoms with E-state index in [1.165, 1.54) is 12.1 Å². The highest BCUT2D eigenvalue weighted by Crippen LogP contribution is 2.48. The van der Waals surface area contributed by atoms with E-state index in [4.69, 9.17) is 14.2 Å². The summed E-state index contributed by atoms with van der Waals surface area (Å²) in [4.78, 5) is 40.5. The van der Waals surface area contributed by atoms with Crippen molar-refractivity contribution in [1.29, 1.82) is 0 Å². The quantitative estimate of drug-likeness (QED) is 0.434. The molecule has 194 valence electrons. The molecule has 4 rings (SSSR count). The number of carbonyl (C=O) groups is 3. The SMILES string of the molecule is CCOC(=O)C1=C(C)NC2=C(C(=O)C(C(=O)OCC)C(c3ccc(OC)cc3)C2)C1c1ccc(F)cc1. The van der Waals surface area contributed by atoms with Crippen LogP contribution in [0.15, 0.2) is 71.1 Å². The Morgan fingerprint density at radius 2 is 1.59 bits per heavy atom. The second kappa shape index (κ2) is 11.0. The number of nitrogens with one attached hydrogen (secondary N) is 1. The van der Waals surface area contributed by atoms with Crippen LogP contribution in [-0.2, 0) is 23.9 Å². The number of rotatable bonds is 7. The van der Waals surface area contributed by atoms with E-state index in [2.05, 4.69) is 5.32 Å². The number of benzene rings is 2. The highest BCUT2D eigenvalue weighted by Gasteiger charge is 2.49. The predicted octanol–water partition coefficient (Wildman–Crippen LogP) is 4.55. The summed E-state index contributed by atoms with van der Waals surface area (Å²) in [6.45, 7) is 5.40. The molecule has 1 heterocycles. The Balaban J connectivity index is 1.87. The van der Waals surface area contributed by atoms with Gasteiger partial charge in [0.25, 0.3) is 0 Å². The number of dihydropyridines is 1. The van der Waals surface area contributed by atoms with Gasteiger partial charge in [-0.2, -0.15) is 0 Å². The Labute approximate surface area is 215 Å². The van der Waals surface area contributed by atoms with E-state index in [-0.39, 0.29) is 18.8 Å². The van der Waals surface area contributed by atoms with Gasteiger partial charge in [0.2, 0.25) is 0 Å². The molecule has 0 spiro atoms. The monoisotopic (exact) mass is 507 g/mol. The molecule has 0 saturated carbocycles. The molecule has 2 aromatic carbocycles.